The quantitative estimate of drug-likeness (QED) is 0.670. The Bertz CT molecular complexity index is 921. The summed E-state index contributed by atoms with van der Waals surface area (Å²) in [4.78, 5) is 2.34. The van der Waals surface area contributed by atoms with Crippen LogP contribution in [0.2, 0.25) is 0 Å². The van der Waals surface area contributed by atoms with Crippen LogP contribution in [-0.4, -0.2) is 18.5 Å². The molecule has 0 amide bonds. The van der Waals surface area contributed by atoms with Gasteiger partial charge in [0.2, 0.25) is 0 Å². The van der Waals surface area contributed by atoms with Crippen molar-refractivity contribution in [3.63, 3.8) is 0 Å². The average Bonchev–Trinajstić information content (AvgIpc) is 2.60. The minimum Gasteiger partial charge on any atom is -0.301 e. The predicted octanol–water partition coefficient (Wildman–Crippen LogP) is 4.29. The molecule has 0 saturated heterocycles. The van der Waals surface area contributed by atoms with E-state index in [-0.39, 0.29) is 0 Å². The summed E-state index contributed by atoms with van der Waals surface area (Å²) in [5, 5.41) is 11.7. The number of nitriles is 1. The fourth-order valence-electron chi connectivity index (χ4n) is 3.63. The Kier molecular flexibility index (Phi) is 3.37. The van der Waals surface area contributed by atoms with E-state index in [1.807, 2.05) is 12.1 Å². The van der Waals surface area contributed by atoms with Crippen molar-refractivity contribution in [1.82, 2.24) is 4.90 Å². The summed E-state index contributed by atoms with van der Waals surface area (Å²) < 4.78 is 0. The highest BCUT2D eigenvalue weighted by molar-refractivity contribution is 5.83. The van der Waals surface area contributed by atoms with Crippen LogP contribution in [0.15, 0.2) is 60.7 Å². The van der Waals surface area contributed by atoms with Gasteiger partial charge in [-0.1, -0.05) is 48.5 Å². The molecule has 0 fully saturated rings. The van der Waals surface area contributed by atoms with Crippen LogP contribution in [0.5, 0.6) is 0 Å². The lowest BCUT2D eigenvalue weighted by molar-refractivity contribution is 0.295. The van der Waals surface area contributed by atoms with Gasteiger partial charge in [-0.25, -0.2) is 0 Å². The third-order valence-corrected chi connectivity index (χ3v) is 4.76. The van der Waals surface area contributed by atoms with Crippen LogP contribution in [0, 0.1) is 11.3 Å². The predicted molar refractivity (Wildman–Crippen MR) is 93.3 cm³/mol. The van der Waals surface area contributed by atoms with Crippen molar-refractivity contribution in [2.45, 2.75) is 12.5 Å². The zero-order valence-electron chi connectivity index (χ0n) is 13.2. The summed E-state index contributed by atoms with van der Waals surface area (Å²) in [7, 11) is 2.15. The first-order chi connectivity index (χ1) is 11.2. The molecule has 0 aliphatic carbocycles. The molecule has 4 rings (SSSR count). The van der Waals surface area contributed by atoms with Crippen molar-refractivity contribution in [1.29, 1.82) is 5.26 Å². The Morgan fingerprint density at radius 2 is 1.83 bits per heavy atom. The highest BCUT2D eigenvalue weighted by Crippen LogP contribution is 2.34. The van der Waals surface area contributed by atoms with E-state index < -0.39 is 0 Å². The van der Waals surface area contributed by atoms with E-state index in [1.54, 1.807) is 0 Å². The number of likely N-dealkylation sites (N-methyl/N-ethyl adjacent to an activating group) is 1. The zero-order chi connectivity index (χ0) is 15.8. The Labute approximate surface area is 136 Å². The van der Waals surface area contributed by atoms with Crippen molar-refractivity contribution < 1.29 is 0 Å². The smallest absolute Gasteiger partial charge is 0.0991 e. The molecule has 2 heteroatoms. The van der Waals surface area contributed by atoms with E-state index >= 15 is 0 Å². The minimum absolute atomic E-state index is 0.362. The van der Waals surface area contributed by atoms with Gasteiger partial charge in [-0.2, -0.15) is 5.26 Å². The van der Waals surface area contributed by atoms with Crippen LogP contribution in [0.3, 0.4) is 0 Å². The molecule has 0 spiro atoms. The van der Waals surface area contributed by atoms with Crippen LogP contribution >= 0.6 is 0 Å². The molecule has 0 bridgehead atoms. The lowest BCUT2D eigenvalue weighted by Gasteiger charge is -2.33. The minimum atomic E-state index is 0.362. The average molecular weight is 298 g/mol. The highest BCUT2D eigenvalue weighted by atomic mass is 15.1. The summed E-state index contributed by atoms with van der Waals surface area (Å²) in [6, 6.07) is 23.6. The van der Waals surface area contributed by atoms with Crippen LogP contribution < -0.4 is 0 Å². The maximum atomic E-state index is 9.14. The molecule has 2 nitrogen and oxygen atoms in total. The summed E-state index contributed by atoms with van der Waals surface area (Å²) in [6.07, 6.45) is 0. The maximum absolute atomic E-state index is 9.14. The number of nitrogens with zero attached hydrogens (tertiary/aromatic N) is 2. The first kappa shape index (κ1) is 14.0. The van der Waals surface area contributed by atoms with E-state index in [1.165, 1.54) is 27.5 Å². The second-order valence-electron chi connectivity index (χ2n) is 6.38. The first-order valence-electron chi connectivity index (χ1n) is 7.95. The molecule has 3 aromatic carbocycles. The van der Waals surface area contributed by atoms with Gasteiger partial charge in [0, 0.05) is 19.0 Å². The lowest BCUT2D eigenvalue weighted by Crippen LogP contribution is -2.31. The second kappa shape index (κ2) is 5.53. The van der Waals surface area contributed by atoms with Crippen molar-refractivity contribution in [3.8, 4) is 6.07 Å². The Morgan fingerprint density at radius 1 is 1.00 bits per heavy atom. The third-order valence-electron chi connectivity index (χ3n) is 4.76. The maximum Gasteiger partial charge on any atom is 0.0991 e. The number of fused-ring (bicyclic) bond motifs is 2. The first-order valence-corrected chi connectivity index (χ1v) is 7.95. The van der Waals surface area contributed by atoms with Crippen molar-refractivity contribution >= 4 is 10.8 Å². The fraction of sp³-hybridized carbons (Fsp3) is 0.190. The molecule has 0 saturated carbocycles. The molecule has 1 aliphatic rings. The number of rotatable bonds is 1. The zero-order valence-corrected chi connectivity index (χ0v) is 13.2. The van der Waals surface area contributed by atoms with Crippen molar-refractivity contribution in [3.05, 3.63) is 82.9 Å². The number of benzene rings is 3. The van der Waals surface area contributed by atoms with Crippen LogP contribution in [0.4, 0.5) is 0 Å². The Balaban J connectivity index is 1.83. The molecular formula is C21H18N2. The molecule has 0 aromatic heterocycles. The fourth-order valence-corrected chi connectivity index (χ4v) is 3.63. The molecule has 3 aromatic rings. The normalized spacial score (nSPS) is 17.7. The standard InChI is InChI=1S/C21H18N2/c1-23-13-19-10-15(12-22)6-9-20(19)21(14-23)18-8-7-16-4-2-3-5-17(16)11-18/h2-11,21H,13-14H2,1H3. The Morgan fingerprint density at radius 3 is 2.65 bits per heavy atom. The Hall–Kier alpha value is -2.63. The lowest BCUT2D eigenvalue weighted by atomic mass is 9.83. The molecular weight excluding hydrogens is 280 g/mol. The molecule has 1 atom stereocenters. The van der Waals surface area contributed by atoms with Gasteiger partial charge >= 0.3 is 0 Å². The van der Waals surface area contributed by atoms with Gasteiger partial charge in [0.05, 0.1) is 11.6 Å². The van der Waals surface area contributed by atoms with E-state index in [4.69, 9.17) is 5.26 Å². The molecule has 1 aliphatic heterocycles. The van der Waals surface area contributed by atoms with Crippen LogP contribution in [0.25, 0.3) is 10.8 Å². The third kappa shape index (κ3) is 2.50. The van der Waals surface area contributed by atoms with Gasteiger partial charge in [-0.05, 0) is 46.6 Å². The van der Waals surface area contributed by atoms with Crippen molar-refractivity contribution in [2.75, 3.05) is 13.6 Å². The van der Waals surface area contributed by atoms with Gasteiger partial charge in [0.15, 0.2) is 0 Å². The van der Waals surface area contributed by atoms with Gasteiger partial charge in [0.1, 0.15) is 0 Å². The summed E-state index contributed by atoms with van der Waals surface area (Å²) >= 11 is 0. The van der Waals surface area contributed by atoms with Crippen LogP contribution in [-0.2, 0) is 6.54 Å². The van der Waals surface area contributed by atoms with E-state index in [0.717, 1.165) is 18.7 Å². The number of hydrogen-bond acceptors (Lipinski definition) is 2. The molecule has 0 radical (unpaired) electrons. The van der Waals surface area contributed by atoms with E-state index in [2.05, 4.69) is 66.5 Å². The second-order valence-corrected chi connectivity index (χ2v) is 6.38. The highest BCUT2D eigenvalue weighted by Gasteiger charge is 2.25. The molecule has 0 N–H and O–H groups in total. The summed E-state index contributed by atoms with van der Waals surface area (Å²) in [5.74, 6) is 0.362. The molecule has 112 valence electrons. The van der Waals surface area contributed by atoms with Gasteiger partial charge in [-0.15, -0.1) is 0 Å². The topological polar surface area (TPSA) is 27.0 Å². The monoisotopic (exact) mass is 298 g/mol. The van der Waals surface area contributed by atoms with E-state index in [0.29, 0.717) is 5.92 Å². The van der Waals surface area contributed by atoms with E-state index in [9.17, 15) is 0 Å². The van der Waals surface area contributed by atoms with Gasteiger partial charge in [-0.3, -0.25) is 0 Å². The molecule has 1 unspecified atom stereocenters. The molecule has 1 heterocycles. The summed E-state index contributed by atoms with van der Waals surface area (Å²) in [6.45, 7) is 1.92. The van der Waals surface area contributed by atoms with Gasteiger partial charge < -0.3 is 4.90 Å². The van der Waals surface area contributed by atoms with Crippen LogP contribution in [0.1, 0.15) is 28.2 Å². The SMILES string of the molecule is CN1Cc2cc(C#N)ccc2C(c2ccc3ccccc3c2)C1. The molecule has 23 heavy (non-hydrogen) atoms. The summed E-state index contributed by atoms with van der Waals surface area (Å²) in [5.41, 5.74) is 4.73. The largest absolute Gasteiger partial charge is 0.301 e. The number of hydrogen-bond donors (Lipinski definition) is 0. The van der Waals surface area contributed by atoms with Crippen molar-refractivity contribution in [2.24, 2.45) is 0 Å². The van der Waals surface area contributed by atoms with Gasteiger partial charge in [0.25, 0.3) is 0 Å².